The van der Waals surface area contributed by atoms with Gasteiger partial charge in [-0.15, -0.1) is 0 Å². The fourth-order valence-electron chi connectivity index (χ4n) is 1.44. The molecule has 0 saturated heterocycles. The highest BCUT2D eigenvalue weighted by Crippen LogP contribution is 2.18. The first-order valence-electron chi connectivity index (χ1n) is 3.83. The van der Waals surface area contributed by atoms with Crippen molar-refractivity contribution in [3.8, 4) is 0 Å². The van der Waals surface area contributed by atoms with E-state index in [0.29, 0.717) is 0 Å². The van der Waals surface area contributed by atoms with E-state index in [1.54, 1.807) is 3.11 Å². The molecule has 0 bridgehead atoms. The number of aryl methyl sites for hydroxylation is 1. The van der Waals surface area contributed by atoms with Crippen molar-refractivity contribution in [2.75, 3.05) is 6.54 Å². The van der Waals surface area contributed by atoms with Gasteiger partial charge in [0.2, 0.25) is 0 Å². The molecule has 0 unspecified atom stereocenters. The van der Waals surface area contributed by atoms with Gasteiger partial charge in [0.05, 0.1) is 22.9 Å². The van der Waals surface area contributed by atoms with Crippen molar-refractivity contribution in [3.05, 3.63) is 23.5 Å². The first-order chi connectivity index (χ1) is 5.68. The van der Waals surface area contributed by atoms with Crippen LogP contribution in [0, 0.1) is 6.92 Å². The maximum absolute atomic E-state index is 11.5. The summed E-state index contributed by atoms with van der Waals surface area (Å²) in [5, 5.41) is 0. The number of fused-ring (bicyclic) bond motifs is 1. The summed E-state index contributed by atoms with van der Waals surface area (Å²) in [5.41, 5.74) is 1.97. The molecule has 1 aliphatic heterocycles. The summed E-state index contributed by atoms with van der Waals surface area (Å²) in [7, 11) is 0. The molecule has 2 heterocycles. The number of aromatic nitrogens is 1. The molecule has 64 valence electrons. The Kier molecular flexibility index (Phi) is 1.86. The van der Waals surface area contributed by atoms with Gasteiger partial charge in [0, 0.05) is 19.3 Å². The van der Waals surface area contributed by atoms with Crippen LogP contribution in [0.2, 0.25) is 0 Å². The van der Waals surface area contributed by atoms with Gasteiger partial charge in [-0.05, 0) is 18.6 Å². The van der Waals surface area contributed by atoms with E-state index in [1.165, 1.54) is 0 Å². The number of hydrogen-bond donors (Lipinski definition) is 0. The zero-order valence-corrected chi connectivity index (χ0v) is 8.91. The molecule has 0 saturated carbocycles. The van der Waals surface area contributed by atoms with Gasteiger partial charge in [-0.2, -0.15) is 0 Å². The van der Waals surface area contributed by atoms with Crippen LogP contribution in [0.5, 0.6) is 0 Å². The second-order valence-electron chi connectivity index (χ2n) is 2.99. The second-order valence-corrected chi connectivity index (χ2v) is 4.15. The summed E-state index contributed by atoms with van der Waals surface area (Å²) in [6, 6.07) is 1.94. The van der Waals surface area contributed by atoms with E-state index >= 15 is 0 Å². The highest BCUT2D eigenvalue weighted by molar-refractivity contribution is 14.1. The molecule has 12 heavy (non-hydrogen) atoms. The van der Waals surface area contributed by atoms with E-state index in [4.69, 9.17) is 0 Å². The van der Waals surface area contributed by atoms with Crippen molar-refractivity contribution in [1.29, 1.82) is 0 Å². The Morgan fingerprint density at radius 2 is 2.25 bits per heavy atom. The predicted octanol–water partition coefficient (Wildman–Crippen LogP) is 1.60. The smallest absolute Gasteiger partial charge is 0.279 e. The number of carbonyl (C=O) groups excluding carboxylic acids is 1. The molecule has 1 aromatic heterocycles. The molecular weight excluding hydrogens is 267 g/mol. The summed E-state index contributed by atoms with van der Waals surface area (Å²) in [4.78, 5) is 11.5. The zero-order valence-electron chi connectivity index (χ0n) is 6.75. The Labute approximate surface area is 84.8 Å². The molecule has 1 amide bonds. The van der Waals surface area contributed by atoms with Crippen LogP contribution in [-0.4, -0.2) is 20.1 Å². The quantitative estimate of drug-likeness (QED) is 0.522. The van der Waals surface area contributed by atoms with Crippen LogP contribution in [-0.2, 0) is 6.54 Å². The predicted molar refractivity (Wildman–Crippen MR) is 54.2 cm³/mol. The second kappa shape index (κ2) is 2.76. The van der Waals surface area contributed by atoms with Crippen LogP contribution in [0.25, 0.3) is 0 Å². The van der Waals surface area contributed by atoms with Gasteiger partial charge in [-0.1, -0.05) is 0 Å². The maximum atomic E-state index is 11.5. The Morgan fingerprint density at radius 1 is 1.50 bits per heavy atom. The number of halogens is 1. The molecule has 0 aromatic carbocycles. The fraction of sp³-hybridized carbons (Fsp3) is 0.375. The Bertz CT molecular complexity index is 332. The van der Waals surface area contributed by atoms with Gasteiger partial charge >= 0.3 is 0 Å². The van der Waals surface area contributed by atoms with Crippen LogP contribution < -0.4 is 0 Å². The average Bonchev–Trinajstić information content (AvgIpc) is 2.39. The molecule has 3 nitrogen and oxygen atoms in total. The van der Waals surface area contributed by atoms with Crippen LogP contribution in [0.3, 0.4) is 0 Å². The number of carbonyl (C=O) groups is 1. The molecule has 0 radical (unpaired) electrons. The molecule has 0 atom stereocenters. The molecule has 0 N–H and O–H groups in total. The topological polar surface area (TPSA) is 25.2 Å². The Hall–Kier alpha value is -0.520. The van der Waals surface area contributed by atoms with E-state index < -0.39 is 0 Å². The lowest BCUT2D eigenvalue weighted by Crippen LogP contribution is -2.32. The van der Waals surface area contributed by atoms with Crippen LogP contribution in [0.1, 0.15) is 16.1 Å². The minimum absolute atomic E-state index is 0.120. The van der Waals surface area contributed by atoms with Crippen molar-refractivity contribution >= 4 is 28.8 Å². The normalized spacial score (nSPS) is 16.5. The van der Waals surface area contributed by atoms with Crippen molar-refractivity contribution in [2.24, 2.45) is 0 Å². The van der Waals surface area contributed by atoms with Crippen molar-refractivity contribution in [3.63, 3.8) is 0 Å². The number of rotatable bonds is 0. The first kappa shape index (κ1) is 8.10. The first-order valence-corrected chi connectivity index (χ1v) is 4.79. The Balaban J connectivity index is 2.48. The molecule has 2 rings (SSSR count). The number of hydrogen-bond acceptors (Lipinski definition) is 1. The van der Waals surface area contributed by atoms with Gasteiger partial charge < -0.3 is 4.57 Å². The molecule has 0 aliphatic carbocycles. The maximum Gasteiger partial charge on any atom is 0.279 e. The van der Waals surface area contributed by atoms with E-state index in [9.17, 15) is 4.79 Å². The standard InChI is InChI=1S/C8H9IN2O/c1-6-4-7-8(12)11(9)3-2-10(7)5-6/h4-5H,2-3H2,1H3. The zero-order chi connectivity index (χ0) is 8.72. The third kappa shape index (κ3) is 1.14. The number of amides is 1. The minimum atomic E-state index is 0.120. The monoisotopic (exact) mass is 276 g/mol. The lowest BCUT2D eigenvalue weighted by molar-refractivity contribution is 0.0855. The average molecular weight is 276 g/mol. The van der Waals surface area contributed by atoms with Gasteiger partial charge in [-0.3, -0.25) is 7.91 Å². The Morgan fingerprint density at radius 3 is 3.00 bits per heavy atom. The molecular formula is C8H9IN2O. The largest absolute Gasteiger partial charge is 0.341 e. The third-order valence-corrected chi connectivity index (χ3v) is 2.93. The van der Waals surface area contributed by atoms with Gasteiger partial charge in [0.25, 0.3) is 5.91 Å². The van der Waals surface area contributed by atoms with Gasteiger partial charge in [0.1, 0.15) is 5.69 Å². The van der Waals surface area contributed by atoms with Gasteiger partial charge in [0.15, 0.2) is 0 Å². The summed E-state index contributed by atoms with van der Waals surface area (Å²) < 4.78 is 3.75. The van der Waals surface area contributed by atoms with E-state index in [0.717, 1.165) is 24.3 Å². The lowest BCUT2D eigenvalue weighted by atomic mass is 10.3. The van der Waals surface area contributed by atoms with Crippen molar-refractivity contribution < 1.29 is 4.79 Å². The summed E-state index contributed by atoms with van der Waals surface area (Å²) in [5.74, 6) is 0.120. The summed E-state index contributed by atoms with van der Waals surface area (Å²) >= 11 is 2.06. The molecule has 4 heteroatoms. The third-order valence-electron chi connectivity index (χ3n) is 2.01. The highest BCUT2D eigenvalue weighted by atomic mass is 127. The van der Waals surface area contributed by atoms with Crippen LogP contribution >= 0.6 is 22.9 Å². The molecule has 0 spiro atoms. The SMILES string of the molecule is Cc1cc2n(c1)CCN(I)C2=O. The van der Waals surface area contributed by atoms with Gasteiger partial charge in [-0.25, -0.2) is 0 Å². The number of nitrogens with zero attached hydrogens (tertiary/aromatic N) is 2. The minimum Gasteiger partial charge on any atom is -0.341 e. The lowest BCUT2D eigenvalue weighted by Gasteiger charge is -2.21. The van der Waals surface area contributed by atoms with E-state index in [1.807, 2.05) is 23.8 Å². The summed E-state index contributed by atoms with van der Waals surface area (Å²) in [6.07, 6.45) is 2.02. The molecule has 0 fully saturated rings. The fourth-order valence-corrected chi connectivity index (χ4v) is 1.91. The van der Waals surface area contributed by atoms with E-state index in [2.05, 4.69) is 22.9 Å². The molecule has 1 aliphatic rings. The molecule has 1 aromatic rings. The van der Waals surface area contributed by atoms with Crippen LogP contribution in [0.15, 0.2) is 12.3 Å². The summed E-state index contributed by atoms with van der Waals surface area (Å²) in [6.45, 7) is 3.73. The van der Waals surface area contributed by atoms with Crippen LogP contribution in [0.4, 0.5) is 0 Å². The van der Waals surface area contributed by atoms with E-state index in [-0.39, 0.29) is 5.91 Å². The van der Waals surface area contributed by atoms with Crippen molar-refractivity contribution in [1.82, 2.24) is 7.68 Å². The highest BCUT2D eigenvalue weighted by Gasteiger charge is 2.22. The van der Waals surface area contributed by atoms with Crippen molar-refractivity contribution in [2.45, 2.75) is 13.5 Å².